The van der Waals surface area contributed by atoms with E-state index in [9.17, 15) is 47.9 Å². The highest BCUT2D eigenvalue weighted by Gasteiger charge is 2.55. The molecular formula is C60H100O20. The standard InChI is InChI=1S/C13H22O4.3C12H20O4.C11H18O4/c1-7-11(2,3)9(14)17-13(6)8-12(4,5)16-10(13)15;1-6-11(2,3)10(14)15-8-7-12(4,5)16-9(8)13;1-6-11(3,4)9(13)16-12(5)7-8(2)15-10(12)14;1-6-8(2)9(13)15-12(5)7-11(3,4)16-10(12)14;1-5-7(2)9(12)15-11(4)6-8(3)14-10(11)13/h7-8H2,1-6H3;3*8H,6-7H2,1-5H3;7-8H,5-6H2,1-4H3. The van der Waals surface area contributed by atoms with E-state index in [1.54, 1.807) is 69.2 Å². The number of ether oxygens (including phenoxy) is 10. The zero-order valence-electron chi connectivity index (χ0n) is 53.1. The molecule has 0 spiro atoms. The van der Waals surface area contributed by atoms with Crippen LogP contribution < -0.4 is 0 Å². The van der Waals surface area contributed by atoms with Gasteiger partial charge >= 0.3 is 59.7 Å². The number of esters is 10. The van der Waals surface area contributed by atoms with Crippen LogP contribution in [0.25, 0.3) is 0 Å². The van der Waals surface area contributed by atoms with Gasteiger partial charge in [-0.25, -0.2) is 24.0 Å². The molecule has 0 N–H and O–H groups in total. The van der Waals surface area contributed by atoms with Crippen LogP contribution in [0.4, 0.5) is 0 Å². The maximum absolute atomic E-state index is 12.0. The molecule has 0 bridgehead atoms. The highest BCUT2D eigenvalue weighted by Crippen LogP contribution is 2.40. The summed E-state index contributed by atoms with van der Waals surface area (Å²) in [5, 5.41) is 0. The van der Waals surface area contributed by atoms with E-state index in [1.165, 1.54) is 0 Å². The number of rotatable bonds is 15. The summed E-state index contributed by atoms with van der Waals surface area (Å²) in [6, 6.07) is 0. The van der Waals surface area contributed by atoms with Crippen molar-refractivity contribution in [3.05, 3.63) is 0 Å². The van der Waals surface area contributed by atoms with Gasteiger partial charge in [0.25, 0.3) is 0 Å². The van der Waals surface area contributed by atoms with Crippen molar-refractivity contribution in [1.29, 1.82) is 0 Å². The molecular weight excluding hydrogens is 1040 g/mol. The Bertz CT molecular complexity index is 2260. The Morgan fingerprint density at radius 2 is 0.775 bits per heavy atom. The van der Waals surface area contributed by atoms with Gasteiger partial charge in [-0.05, 0) is 157 Å². The topological polar surface area (TPSA) is 263 Å². The third-order valence-corrected chi connectivity index (χ3v) is 15.2. The van der Waals surface area contributed by atoms with E-state index in [2.05, 4.69) is 0 Å². The van der Waals surface area contributed by atoms with Crippen molar-refractivity contribution in [2.45, 2.75) is 295 Å². The summed E-state index contributed by atoms with van der Waals surface area (Å²) in [5.41, 5.74) is -7.79. The lowest BCUT2D eigenvalue weighted by molar-refractivity contribution is -0.178. The van der Waals surface area contributed by atoms with Gasteiger partial charge in [-0.3, -0.25) is 24.0 Å². The molecule has 460 valence electrons. The van der Waals surface area contributed by atoms with Crippen LogP contribution in [0, 0.1) is 28.1 Å². The summed E-state index contributed by atoms with van der Waals surface area (Å²) in [7, 11) is 0. The van der Waals surface area contributed by atoms with Crippen molar-refractivity contribution in [3.8, 4) is 0 Å². The van der Waals surface area contributed by atoms with Crippen LogP contribution in [0.15, 0.2) is 0 Å². The van der Waals surface area contributed by atoms with Gasteiger partial charge in [-0.2, -0.15) is 0 Å². The second-order valence-electron chi connectivity index (χ2n) is 26.6. The number of hydrogen-bond donors (Lipinski definition) is 0. The molecule has 5 aliphatic rings. The molecule has 5 saturated heterocycles. The van der Waals surface area contributed by atoms with Gasteiger partial charge in [0, 0.05) is 32.1 Å². The normalized spacial score (nSPS) is 28.7. The van der Waals surface area contributed by atoms with E-state index in [-0.39, 0.29) is 53.9 Å². The predicted molar refractivity (Wildman–Crippen MR) is 294 cm³/mol. The van der Waals surface area contributed by atoms with Gasteiger partial charge in [0.1, 0.15) is 29.0 Å². The zero-order chi connectivity index (χ0) is 62.8. The van der Waals surface area contributed by atoms with Crippen molar-refractivity contribution in [2.75, 3.05) is 0 Å². The second kappa shape index (κ2) is 27.2. The van der Waals surface area contributed by atoms with Gasteiger partial charge in [0.2, 0.25) is 28.5 Å². The van der Waals surface area contributed by atoms with Crippen molar-refractivity contribution in [2.24, 2.45) is 28.1 Å². The summed E-state index contributed by atoms with van der Waals surface area (Å²) in [6.07, 6.45) is 4.42. The Hall–Kier alpha value is -5.30. The summed E-state index contributed by atoms with van der Waals surface area (Å²) in [4.78, 5) is 117. The molecule has 0 aromatic rings. The molecule has 20 nitrogen and oxygen atoms in total. The molecule has 9 unspecified atom stereocenters. The van der Waals surface area contributed by atoms with Crippen LogP contribution in [0.3, 0.4) is 0 Å². The first-order chi connectivity index (χ1) is 36.0. The van der Waals surface area contributed by atoms with E-state index >= 15 is 0 Å². The highest BCUT2D eigenvalue weighted by atomic mass is 16.7. The molecule has 0 aliphatic carbocycles. The lowest BCUT2D eigenvalue weighted by atomic mass is 9.89. The van der Waals surface area contributed by atoms with Gasteiger partial charge in [0.15, 0.2) is 0 Å². The van der Waals surface area contributed by atoms with E-state index in [0.29, 0.717) is 64.2 Å². The Labute approximate surface area is 476 Å². The van der Waals surface area contributed by atoms with E-state index in [4.69, 9.17) is 47.4 Å². The monoisotopic (exact) mass is 1140 g/mol. The van der Waals surface area contributed by atoms with Crippen LogP contribution in [-0.4, -0.2) is 117 Å². The second-order valence-corrected chi connectivity index (χ2v) is 26.6. The fourth-order valence-electron chi connectivity index (χ4n) is 8.23. The Morgan fingerprint density at radius 3 is 1.05 bits per heavy atom. The molecule has 0 saturated carbocycles. The van der Waals surface area contributed by atoms with Crippen LogP contribution in [0.1, 0.15) is 237 Å². The smallest absolute Gasteiger partial charge is 0.351 e. The fraction of sp³-hybridized carbons (Fsp3) is 0.833. The molecule has 5 rings (SSSR count). The maximum Gasteiger partial charge on any atom is 0.351 e. The minimum Gasteiger partial charge on any atom is -0.460 e. The Morgan fingerprint density at radius 1 is 0.463 bits per heavy atom. The number of cyclic esters (lactones) is 5. The van der Waals surface area contributed by atoms with Crippen molar-refractivity contribution in [1.82, 2.24) is 0 Å². The molecule has 5 fully saturated rings. The van der Waals surface area contributed by atoms with Crippen LogP contribution in [0.5, 0.6) is 0 Å². The number of carbonyl (C=O) groups excluding carboxylic acids is 10. The van der Waals surface area contributed by atoms with Gasteiger partial charge in [-0.1, -0.05) is 48.5 Å². The Balaban J connectivity index is 0.000000500. The lowest BCUT2D eigenvalue weighted by Crippen LogP contribution is -2.41. The number of hydrogen-bond acceptors (Lipinski definition) is 20. The van der Waals surface area contributed by atoms with Crippen molar-refractivity contribution >= 4 is 59.7 Å². The van der Waals surface area contributed by atoms with Gasteiger partial charge < -0.3 is 47.4 Å². The molecule has 0 aromatic heterocycles. The van der Waals surface area contributed by atoms with E-state index in [1.807, 2.05) is 104 Å². The molecule has 9 atom stereocenters. The predicted octanol–water partition coefficient (Wildman–Crippen LogP) is 10.3. The molecule has 20 heteroatoms. The molecule has 80 heavy (non-hydrogen) atoms. The van der Waals surface area contributed by atoms with Crippen molar-refractivity contribution < 1.29 is 95.3 Å². The fourth-order valence-corrected chi connectivity index (χ4v) is 8.23. The van der Waals surface area contributed by atoms with Crippen LogP contribution in [0.2, 0.25) is 0 Å². The minimum atomic E-state index is -1.15. The molecule has 5 aliphatic heterocycles. The average Bonchev–Trinajstić information content (AvgIpc) is 3.98. The van der Waals surface area contributed by atoms with Crippen LogP contribution >= 0.6 is 0 Å². The summed E-state index contributed by atoms with van der Waals surface area (Å²) >= 11 is 0. The maximum atomic E-state index is 12.0. The summed E-state index contributed by atoms with van der Waals surface area (Å²) in [6.45, 7) is 44.9. The summed E-state index contributed by atoms with van der Waals surface area (Å²) < 4.78 is 51.9. The molecule has 5 heterocycles. The van der Waals surface area contributed by atoms with E-state index in [0.717, 1.165) is 0 Å². The van der Waals surface area contributed by atoms with Crippen LogP contribution in [-0.2, 0) is 95.3 Å². The first-order valence-corrected chi connectivity index (χ1v) is 28.3. The van der Waals surface area contributed by atoms with Gasteiger partial charge in [0.05, 0.1) is 28.1 Å². The molecule has 0 aromatic carbocycles. The van der Waals surface area contributed by atoms with E-state index < -0.39 is 91.4 Å². The summed E-state index contributed by atoms with van der Waals surface area (Å²) in [5.74, 6) is -4.28. The third-order valence-electron chi connectivity index (χ3n) is 15.2. The lowest BCUT2D eigenvalue weighted by Gasteiger charge is -2.27. The largest absolute Gasteiger partial charge is 0.460 e. The first kappa shape index (κ1) is 72.7. The van der Waals surface area contributed by atoms with Crippen molar-refractivity contribution in [3.63, 3.8) is 0 Å². The SMILES string of the molecule is CCC(C)(C)C(=O)OC1(C)CC(C)(C)OC1=O.CCC(C)(C)C(=O)OC1(C)CC(C)OC1=O.CCC(C)(C)C(=O)OC1CC(C)(C)OC1=O.CCC(C)C(=O)OC1(C)CC(C)(C)OC1=O.CCC(C)C(=O)OC1(C)CC(C)OC1=O. The average molecular weight is 1140 g/mol. The Kier molecular flexibility index (Phi) is 24.7. The zero-order valence-corrected chi connectivity index (χ0v) is 53.1. The van der Waals surface area contributed by atoms with Gasteiger partial charge in [-0.15, -0.1) is 0 Å². The molecule has 0 radical (unpaired) electrons. The number of carbonyl (C=O) groups is 10. The molecule has 0 amide bonds. The quantitative estimate of drug-likeness (QED) is 0.109. The third kappa shape index (κ3) is 20.3. The first-order valence-electron chi connectivity index (χ1n) is 28.3. The minimum absolute atomic E-state index is 0.174. The highest BCUT2D eigenvalue weighted by molar-refractivity contribution is 5.88.